The molecule has 0 spiro atoms. The maximum Gasteiger partial charge on any atom is 0.129 e. The van der Waals surface area contributed by atoms with E-state index < -0.39 is 6.10 Å². The van der Waals surface area contributed by atoms with Crippen LogP contribution in [0.25, 0.3) is 0 Å². The Morgan fingerprint density at radius 1 is 1.44 bits per heavy atom. The number of ether oxygens (including phenoxy) is 2. The Hall–Kier alpha value is -1.59. The molecule has 1 N–H and O–H groups in total. The van der Waals surface area contributed by atoms with Crippen LogP contribution in [0, 0.1) is 0 Å². The highest BCUT2D eigenvalue weighted by Gasteiger charge is 2.11. The van der Waals surface area contributed by atoms with E-state index in [2.05, 4.69) is 4.98 Å². The second-order valence-electron chi connectivity index (χ2n) is 3.84. The Morgan fingerprint density at radius 3 is 2.89 bits per heavy atom. The highest BCUT2D eigenvalue weighted by atomic mass is 32.1. The first-order valence-corrected chi connectivity index (χ1v) is 6.45. The molecule has 0 aliphatic heterocycles. The van der Waals surface area contributed by atoms with Gasteiger partial charge in [-0.25, -0.2) is 0 Å². The zero-order valence-electron chi connectivity index (χ0n) is 10.3. The van der Waals surface area contributed by atoms with E-state index in [1.54, 1.807) is 31.8 Å². The third-order valence-electron chi connectivity index (χ3n) is 2.52. The minimum atomic E-state index is -0.577. The van der Waals surface area contributed by atoms with Crippen molar-refractivity contribution in [2.75, 3.05) is 7.11 Å². The minimum absolute atomic E-state index is 0.442. The molecule has 0 aliphatic carbocycles. The molecule has 0 saturated carbocycles. The van der Waals surface area contributed by atoms with Crippen molar-refractivity contribution in [2.24, 2.45) is 0 Å². The molecule has 0 fully saturated rings. The van der Waals surface area contributed by atoms with Gasteiger partial charge in [-0.05, 0) is 19.1 Å². The van der Waals surface area contributed by atoms with Crippen molar-refractivity contribution in [2.45, 2.75) is 19.6 Å². The molecule has 1 heterocycles. The lowest BCUT2D eigenvalue weighted by Crippen LogP contribution is -2.00. The van der Waals surface area contributed by atoms with Crippen molar-refractivity contribution in [1.29, 1.82) is 0 Å². The summed E-state index contributed by atoms with van der Waals surface area (Å²) in [5, 5.41) is 9.69. The summed E-state index contributed by atoms with van der Waals surface area (Å²) in [6.07, 6.45) is 1.19. The number of hydrogen-bond acceptors (Lipinski definition) is 5. The second kappa shape index (κ2) is 5.84. The van der Waals surface area contributed by atoms with Gasteiger partial charge in [0.25, 0.3) is 0 Å². The van der Waals surface area contributed by atoms with Gasteiger partial charge in [0.1, 0.15) is 18.1 Å². The number of rotatable bonds is 5. The predicted molar refractivity (Wildman–Crippen MR) is 70.1 cm³/mol. The summed E-state index contributed by atoms with van der Waals surface area (Å²) < 4.78 is 10.9. The van der Waals surface area contributed by atoms with Gasteiger partial charge in [0.2, 0.25) is 0 Å². The number of aliphatic hydroxyl groups excluding tert-OH is 1. The topological polar surface area (TPSA) is 51.6 Å². The van der Waals surface area contributed by atoms with E-state index in [1.165, 1.54) is 11.3 Å². The molecule has 2 rings (SSSR count). The molecule has 96 valence electrons. The number of hydrogen-bond donors (Lipinski definition) is 1. The number of methoxy groups -OCH3 is 1. The van der Waals surface area contributed by atoms with Gasteiger partial charge < -0.3 is 14.6 Å². The fourth-order valence-electron chi connectivity index (χ4n) is 1.57. The first-order chi connectivity index (χ1) is 8.70. The van der Waals surface area contributed by atoms with Gasteiger partial charge in [0.15, 0.2) is 0 Å². The maximum atomic E-state index is 9.69. The summed E-state index contributed by atoms with van der Waals surface area (Å²) in [7, 11) is 1.60. The van der Waals surface area contributed by atoms with E-state index in [0.717, 1.165) is 10.4 Å². The lowest BCUT2D eigenvalue weighted by Gasteiger charge is -2.14. The van der Waals surface area contributed by atoms with Gasteiger partial charge in [-0.15, -0.1) is 11.3 Å². The molecule has 0 saturated heterocycles. The van der Waals surface area contributed by atoms with Gasteiger partial charge in [0, 0.05) is 17.8 Å². The van der Waals surface area contributed by atoms with Crippen molar-refractivity contribution in [3.8, 4) is 11.5 Å². The number of thiazole rings is 1. The predicted octanol–water partition coefficient (Wildman–Crippen LogP) is 2.78. The summed E-state index contributed by atoms with van der Waals surface area (Å²) in [5.74, 6) is 1.34. The van der Waals surface area contributed by atoms with Crippen LogP contribution in [0.4, 0.5) is 0 Å². The lowest BCUT2D eigenvalue weighted by molar-refractivity contribution is 0.190. The lowest BCUT2D eigenvalue weighted by atomic mass is 10.1. The van der Waals surface area contributed by atoms with Crippen LogP contribution in [-0.2, 0) is 6.61 Å². The molecule has 4 nitrogen and oxygen atoms in total. The Kier molecular flexibility index (Phi) is 4.17. The Balaban J connectivity index is 2.18. The first-order valence-electron chi connectivity index (χ1n) is 5.57. The smallest absolute Gasteiger partial charge is 0.129 e. The van der Waals surface area contributed by atoms with Gasteiger partial charge in [-0.1, -0.05) is 0 Å². The normalized spacial score (nSPS) is 12.2. The molecule has 1 atom stereocenters. The molecule has 0 unspecified atom stereocenters. The number of aromatic nitrogens is 1. The summed E-state index contributed by atoms with van der Waals surface area (Å²) >= 11 is 1.54. The largest absolute Gasteiger partial charge is 0.497 e. The van der Waals surface area contributed by atoms with Crippen molar-refractivity contribution in [3.63, 3.8) is 0 Å². The van der Waals surface area contributed by atoms with E-state index in [0.29, 0.717) is 18.1 Å². The van der Waals surface area contributed by atoms with E-state index in [4.69, 9.17) is 9.47 Å². The van der Waals surface area contributed by atoms with E-state index in [1.807, 2.05) is 12.1 Å². The van der Waals surface area contributed by atoms with Gasteiger partial charge in [-0.2, -0.15) is 0 Å². The molecular weight excluding hydrogens is 250 g/mol. The molecule has 18 heavy (non-hydrogen) atoms. The zero-order valence-corrected chi connectivity index (χ0v) is 11.1. The van der Waals surface area contributed by atoms with Gasteiger partial charge in [0.05, 0.1) is 23.6 Å². The highest BCUT2D eigenvalue weighted by molar-refractivity contribution is 7.09. The second-order valence-corrected chi connectivity index (χ2v) is 4.81. The van der Waals surface area contributed by atoms with Gasteiger partial charge in [-0.3, -0.25) is 4.98 Å². The fourth-order valence-corrected chi connectivity index (χ4v) is 2.08. The molecule has 0 aliphatic rings. The van der Waals surface area contributed by atoms with Gasteiger partial charge >= 0.3 is 0 Å². The van der Waals surface area contributed by atoms with Crippen LogP contribution < -0.4 is 9.47 Å². The van der Waals surface area contributed by atoms with E-state index in [-0.39, 0.29) is 0 Å². The van der Waals surface area contributed by atoms with E-state index >= 15 is 0 Å². The zero-order chi connectivity index (χ0) is 13.0. The highest BCUT2D eigenvalue weighted by Crippen LogP contribution is 2.30. The van der Waals surface area contributed by atoms with Crippen molar-refractivity contribution >= 4 is 11.3 Å². The average Bonchev–Trinajstić information content (AvgIpc) is 2.88. The van der Waals surface area contributed by atoms with E-state index in [9.17, 15) is 5.11 Å². The van der Waals surface area contributed by atoms with Crippen LogP contribution in [0.15, 0.2) is 29.9 Å². The van der Waals surface area contributed by atoms with Crippen LogP contribution in [0.2, 0.25) is 0 Å². The number of nitrogens with zero attached hydrogens (tertiary/aromatic N) is 1. The van der Waals surface area contributed by atoms with Crippen molar-refractivity contribution in [1.82, 2.24) is 4.98 Å². The third-order valence-corrected chi connectivity index (χ3v) is 3.28. The van der Waals surface area contributed by atoms with Crippen LogP contribution in [0.3, 0.4) is 0 Å². The van der Waals surface area contributed by atoms with Crippen LogP contribution >= 0.6 is 11.3 Å². The SMILES string of the molecule is COc1ccc([C@H](C)O)c(OCc2cncs2)c1. The summed E-state index contributed by atoms with van der Waals surface area (Å²) in [4.78, 5) is 5.03. The van der Waals surface area contributed by atoms with Crippen molar-refractivity contribution in [3.05, 3.63) is 40.3 Å². The first kappa shape index (κ1) is 12.9. The summed E-state index contributed by atoms with van der Waals surface area (Å²) in [5.41, 5.74) is 2.51. The molecule has 0 amide bonds. The molecule has 0 bridgehead atoms. The number of benzene rings is 1. The molecule has 0 radical (unpaired) electrons. The van der Waals surface area contributed by atoms with Crippen LogP contribution in [0.1, 0.15) is 23.5 Å². The Bertz CT molecular complexity index is 497. The fraction of sp³-hybridized carbons (Fsp3) is 0.308. The molecule has 1 aromatic carbocycles. The maximum absolute atomic E-state index is 9.69. The average molecular weight is 265 g/mol. The molecule has 1 aromatic heterocycles. The van der Waals surface area contributed by atoms with Crippen LogP contribution in [0.5, 0.6) is 11.5 Å². The standard InChI is InChI=1S/C13H15NO3S/c1-9(15)12-4-3-10(16-2)5-13(12)17-7-11-6-14-8-18-11/h3-6,8-9,15H,7H2,1-2H3/t9-/m0/s1. The Morgan fingerprint density at radius 2 is 2.28 bits per heavy atom. The quantitative estimate of drug-likeness (QED) is 0.903. The summed E-state index contributed by atoms with van der Waals surface area (Å²) in [6.45, 7) is 2.15. The monoisotopic (exact) mass is 265 g/mol. The third kappa shape index (κ3) is 3.00. The molecular formula is C13H15NO3S. The summed E-state index contributed by atoms with van der Waals surface area (Å²) in [6, 6.07) is 5.40. The Labute approximate surface area is 110 Å². The number of aliphatic hydroxyl groups is 1. The van der Waals surface area contributed by atoms with Crippen LogP contribution in [-0.4, -0.2) is 17.2 Å². The van der Waals surface area contributed by atoms with Crippen molar-refractivity contribution < 1.29 is 14.6 Å². The molecule has 2 aromatic rings. The minimum Gasteiger partial charge on any atom is -0.497 e. The molecule has 5 heteroatoms.